The molecule has 2 aromatic carbocycles. The Balaban J connectivity index is 1.40. The Morgan fingerprint density at radius 2 is 1.97 bits per heavy atom. The molecule has 2 heterocycles. The fraction of sp³-hybridized carbons (Fsp3) is 0.375. The Labute approximate surface area is 175 Å². The van der Waals surface area contributed by atoms with Crippen molar-refractivity contribution < 1.29 is 13.9 Å². The average Bonchev–Trinajstić information content (AvgIpc) is 3.14. The number of fused-ring (bicyclic) bond motifs is 2. The van der Waals surface area contributed by atoms with Crippen LogP contribution in [0.5, 0.6) is 11.5 Å². The van der Waals surface area contributed by atoms with Gasteiger partial charge >= 0.3 is 0 Å². The highest BCUT2D eigenvalue weighted by Gasteiger charge is 2.35. The van der Waals surface area contributed by atoms with Gasteiger partial charge in [-0.15, -0.1) is 0 Å². The lowest BCUT2D eigenvalue weighted by molar-refractivity contribution is 0.171. The van der Waals surface area contributed by atoms with Crippen molar-refractivity contribution in [3.8, 4) is 17.2 Å². The minimum atomic E-state index is -0.250. The monoisotopic (exact) mass is 407 g/mol. The molecule has 3 aromatic rings. The molecule has 0 saturated heterocycles. The predicted molar refractivity (Wildman–Crippen MR) is 113 cm³/mol. The lowest BCUT2D eigenvalue weighted by atomic mass is 9.74. The van der Waals surface area contributed by atoms with Gasteiger partial charge in [-0.25, -0.2) is 9.07 Å². The molecule has 1 aliphatic heterocycles. The van der Waals surface area contributed by atoms with E-state index in [1.54, 1.807) is 6.07 Å². The summed E-state index contributed by atoms with van der Waals surface area (Å²) in [6.07, 6.45) is 3.84. The molecular formula is C24H26FN3O2. The van der Waals surface area contributed by atoms with Crippen LogP contribution in [0.25, 0.3) is 5.69 Å². The summed E-state index contributed by atoms with van der Waals surface area (Å²) < 4.78 is 27.0. The number of hydrogen-bond acceptors (Lipinski definition) is 4. The summed E-state index contributed by atoms with van der Waals surface area (Å²) in [7, 11) is 0. The molecule has 5 rings (SSSR count). The van der Waals surface area contributed by atoms with Crippen LogP contribution in [0.4, 0.5) is 4.39 Å². The second-order valence-corrected chi connectivity index (χ2v) is 8.89. The lowest BCUT2D eigenvalue weighted by Gasteiger charge is -2.36. The Hall–Kier alpha value is -2.86. The summed E-state index contributed by atoms with van der Waals surface area (Å²) >= 11 is 0. The molecule has 0 saturated carbocycles. The number of aromatic nitrogens is 2. The summed E-state index contributed by atoms with van der Waals surface area (Å²) in [6.45, 7) is 6.46. The van der Waals surface area contributed by atoms with Crippen molar-refractivity contribution >= 4 is 0 Å². The molecule has 1 atom stereocenters. The first-order valence-corrected chi connectivity index (χ1v) is 10.4. The van der Waals surface area contributed by atoms with Gasteiger partial charge in [-0.2, -0.15) is 5.10 Å². The van der Waals surface area contributed by atoms with Crippen LogP contribution in [0.15, 0.2) is 48.7 Å². The molecule has 1 N–H and O–H groups in total. The van der Waals surface area contributed by atoms with Gasteiger partial charge in [0.1, 0.15) is 19.0 Å². The van der Waals surface area contributed by atoms with Crippen molar-refractivity contribution in [3.05, 3.63) is 71.3 Å². The number of halogens is 1. The second kappa shape index (κ2) is 7.43. The number of hydrogen-bond donors (Lipinski definition) is 1. The number of nitrogens with one attached hydrogen (secondary N) is 1. The first kappa shape index (κ1) is 19.1. The molecule has 0 spiro atoms. The Kier molecular flexibility index (Phi) is 4.74. The predicted octanol–water partition coefficient (Wildman–Crippen LogP) is 4.59. The molecule has 2 aliphatic rings. The molecule has 0 radical (unpaired) electrons. The number of ether oxygens (including phenoxy) is 2. The van der Waals surface area contributed by atoms with Crippen LogP contribution in [0.1, 0.15) is 43.1 Å². The standard InChI is InChI=1S/C24H26FN3O2/c1-24(2)12-20(26-14-16-6-7-22-23(10-16)30-9-8-29-22)19-15-27-28(21(19)13-24)18-5-3-4-17(25)11-18/h3-7,10-11,15,20,26H,8-9,12-14H2,1-2H3. The van der Waals surface area contributed by atoms with E-state index in [4.69, 9.17) is 9.47 Å². The zero-order valence-corrected chi connectivity index (χ0v) is 17.3. The number of rotatable bonds is 4. The topological polar surface area (TPSA) is 48.3 Å². The highest BCUT2D eigenvalue weighted by atomic mass is 19.1. The molecule has 5 nitrogen and oxygen atoms in total. The van der Waals surface area contributed by atoms with Crippen LogP contribution in [0.2, 0.25) is 0 Å². The molecule has 0 amide bonds. The van der Waals surface area contributed by atoms with Crippen LogP contribution < -0.4 is 14.8 Å². The summed E-state index contributed by atoms with van der Waals surface area (Å²) in [5.41, 5.74) is 4.37. The van der Waals surface area contributed by atoms with Gasteiger partial charge in [0.25, 0.3) is 0 Å². The smallest absolute Gasteiger partial charge is 0.161 e. The molecular weight excluding hydrogens is 381 g/mol. The molecule has 1 aromatic heterocycles. The fourth-order valence-corrected chi connectivity index (χ4v) is 4.49. The molecule has 1 unspecified atom stereocenters. The summed E-state index contributed by atoms with van der Waals surface area (Å²) in [5, 5.41) is 8.32. The highest BCUT2D eigenvalue weighted by molar-refractivity contribution is 5.44. The maximum Gasteiger partial charge on any atom is 0.161 e. The van der Waals surface area contributed by atoms with Crippen molar-refractivity contribution in [3.63, 3.8) is 0 Å². The molecule has 156 valence electrons. The minimum Gasteiger partial charge on any atom is -0.486 e. The zero-order valence-electron chi connectivity index (χ0n) is 17.3. The van der Waals surface area contributed by atoms with Gasteiger partial charge in [0.2, 0.25) is 0 Å². The van der Waals surface area contributed by atoms with Gasteiger partial charge in [0.15, 0.2) is 11.5 Å². The molecule has 0 bridgehead atoms. The minimum absolute atomic E-state index is 0.114. The van der Waals surface area contributed by atoms with Gasteiger partial charge < -0.3 is 14.8 Å². The van der Waals surface area contributed by atoms with E-state index in [0.29, 0.717) is 13.2 Å². The van der Waals surface area contributed by atoms with Crippen LogP contribution in [0.3, 0.4) is 0 Å². The third kappa shape index (κ3) is 3.67. The van der Waals surface area contributed by atoms with Crippen LogP contribution in [0, 0.1) is 11.2 Å². The second-order valence-electron chi connectivity index (χ2n) is 8.89. The van der Waals surface area contributed by atoms with E-state index in [1.165, 1.54) is 17.7 Å². The Morgan fingerprint density at radius 1 is 1.13 bits per heavy atom. The fourth-order valence-electron chi connectivity index (χ4n) is 4.49. The third-order valence-corrected chi connectivity index (χ3v) is 5.89. The van der Waals surface area contributed by atoms with Gasteiger partial charge in [0.05, 0.1) is 11.9 Å². The van der Waals surface area contributed by atoms with Crippen LogP contribution in [-0.4, -0.2) is 23.0 Å². The van der Waals surface area contributed by atoms with E-state index in [-0.39, 0.29) is 17.3 Å². The number of benzene rings is 2. The Bertz CT molecular complexity index is 1080. The lowest BCUT2D eigenvalue weighted by Crippen LogP contribution is -2.33. The average molecular weight is 407 g/mol. The first-order chi connectivity index (χ1) is 14.5. The highest BCUT2D eigenvalue weighted by Crippen LogP contribution is 2.41. The van der Waals surface area contributed by atoms with E-state index < -0.39 is 0 Å². The van der Waals surface area contributed by atoms with Crippen molar-refractivity contribution in [2.75, 3.05) is 13.2 Å². The van der Waals surface area contributed by atoms with Crippen LogP contribution in [-0.2, 0) is 13.0 Å². The van der Waals surface area contributed by atoms with Crippen molar-refractivity contribution in [1.29, 1.82) is 0 Å². The normalized spacial score (nSPS) is 19.4. The maximum absolute atomic E-state index is 13.8. The largest absolute Gasteiger partial charge is 0.486 e. The van der Waals surface area contributed by atoms with Crippen molar-refractivity contribution in [1.82, 2.24) is 15.1 Å². The quantitative estimate of drug-likeness (QED) is 0.687. The summed E-state index contributed by atoms with van der Waals surface area (Å²) in [6, 6.07) is 12.9. The van der Waals surface area contributed by atoms with E-state index in [2.05, 4.69) is 30.3 Å². The zero-order chi connectivity index (χ0) is 20.7. The molecule has 6 heteroatoms. The van der Waals surface area contributed by atoms with Gasteiger partial charge in [-0.1, -0.05) is 26.0 Å². The van der Waals surface area contributed by atoms with Gasteiger partial charge in [-0.05, 0) is 54.2 Å². The van der Waals surface area contributed by atoms with Crippen molar-refractivity contribution in [2.24, 2.45) is 5.41 Å². The van der Waals surface area contributed by atoms with E-state index in [9.17, 15) is 4.39 Å². The maximum atomic E-state index is 13.8. The van der Waals surface area contributed by atoms with Gasteiger partial charge in [-0.3, -0.25) is 0 Å². The van der Waals surface area contributed by atoms with Gasteiger partial charge in [0, 0.05) is 23.8 Å². The number of nitrogens with zero attached hydrogens (tertiary/aromatic N) is 2. The van der Waals surface area contributed by atoms with E-state index >= 15 is 0 Å². The third-order valence-electron chi connectivity index (χ3n) is 5.89. The van der Waals surface area contributed by atoms with Crippen molar-refractivity contribution in [2.45, 2.75) is 39.3 Å². The van der Waals surface area contributed by atoms with E-state index in [1.807, 2.05) is 29.1 Å². The Morgan fingerprint density at radius 3 is 2.80 bits per heavy atom. The first-order valence-electron chi connectivity index (χ1n) is 10.4. The summed E-state index contributed by atoms with van der Waals surface area (Å²) in [5.74, 6) is 1.37. The van der Waals surface area contributed by atoms with E-state index in [0.717, 1.165) is 47.8 Å². The molecule has 1 aliphatic carbocycles. The summed E-state index contributed by atoms with van der Waals surface area (Å²) in [4.78, 5) is 0. The van der Waals surface area contributed by atoms with Crippen LogP contribution >= 0.6 is 0 Å². The SMILES string of the molecule is CC1(C)Cc2c(cnn2-c2cccc(F)c2)C(NCc2ccc3c(c2)OCCO3)C1. The molecule has 0 fully saturated rings. The molecule has 30 heavy (non-hydrogen) atoms.